The monoisotopic (exact) mass is 425 g/mol. The SMILES string of the molecule is COc1ccc(C(=O)Nc2cccc(-c3nc4cc(Cl)c(C)cc4[nH]3)c2)cc1Cl. The van der Waals surface area contributed by atoms with Crippen LogP contribution in [0.4, 0.5) is 5.69 Å². The van der Waals surface area contributed by atoms with Gasteiger partial charge in [0.15, 0.2) is 0 Å². The molecule has 0 unspecified atom stereocenters. The molecular formula is C22H17Cl2N3O2. The van der Waals surface area contributed by atoms with Crippen LogP contribution in [0.25, 0.3) is 22.4 Å². The standard InChI is InChI=1S/C22H17Cl2N3O2/c1-12-8-18-19(11-16(12)23)27-21(26-18)13-4-3-5-15(9-13)25-22(28)14-6-7-20(29-2)17(24)10-14/h3-11H,1-2H3,(H,25,28)(H,26,27). The quantitative estimate of drug-likeness (QED) is 0.414. The second-order valence-electron chi connectivity index (χ2n) is 6.59. The summed E-state index contributed by atoms with van der Waals surface area (Å²) in [6.07, 6.45) is 0. The molecule has 0 aliphatic carbocycles. The molecule has 2 N–H and O–H groups in total. The molecule has 0 saturated carbocycles. The number of carbonyl (C=O) groups excluding carboxylic acids is 1. The van der Waals surface area contributed by atoms with Crippen LogP contribution in [0.3, 0.4) is 0 Å². The van der Waals surface area contributed by atoms with Gasteiger partial charge in [-0.3, -0.25) is 4.79 Å². The van der Waals surface area contributed by atoms with Gasteiger partial charge >= 0.3 is 0 Å². The number of halogens is 2. The summed E-state index contributed by atoms with van der Waals surface area (Å²) in [5.74, 6) is 0.953. The van der Waals surface area contributed by atoms with Crippen LogP contribution in [0.2, 0.25) is 10.0 Å². The van der Waals surface area contributed by atoms with E-state index < -0.39 is 0 Å². The number of fused-ring (bicyclic) bond motifs is 1. The first-order valence-electron chi connectivity index (χ1n) is 8.86. The molecule has 0 atom stereocenters. The van der Waals surface area contributed by atoms with Crippen molar-refractivity contribution in [1.29, 1.82) is 0 Å². The van der Waals surface area contributed by atoms with Crippen molar-refractivity contribution in [3.05, 3.63) is 75.8 Å². The van der Waals surface area contributed by atoms with E-state index in [2.05, 4.69) is 15.3 Å². The number of amides is 1. The van der Waals surface area contributed by atoms with Gasteiger partial charge in [-0.1, -0.05) is 35.3 Å². The molecule has 0 radical (unpaired) electrons. The number of nitrogens with one attached hydrogen (secondary N) is 2. The summed E-state index contributed by atoms with van der Waals surface area (Å²) in [5.41, 5.74) is 4.61. The molecule has 0 spiro atoms. The molecule has 29 heavy (non-hydrogen) atoms. The van der Waals surface area contributed by atoms with Crippen molar-refractivity contribution in [3.63, 3.8) is 0 Å². The largest absolute Gasteiger partial charge is 0.495 e. The second kappa shape index (κ2) is 7.78. The minimum atomic E-state index is -0.265. The predicted octanol–water partition coefficient (Wildman–Crippen LogP) is 6.11. The van der Waals surface area contributed by atoms with Gasteiger partial charge in [0.05, 0.1) is 23.2 Å². The van der Waals surface area contributed by atoms with Crippen molar-refractivity contribution in [3.8, 4) is 17.1 Å². The number of aromatic nitrogens is 2. The minimum absolute atomic E-state index is 0.265. The third-order valence-electron chi connectivity index (χ3n) is 4.57. The highest BCUT2D eigenvalue weighted by atomic mass is 35.5. The predicted molar refractivity (Wildman–Crippen MR) is 117 cm³/mol. The van der Waals surface area contributed by atoms with Crippen LogP contribution in [0.1, 0.15) is 15.9 Å². The average molecular weight is 426 g/mol. The molecule has 4 aromatic rings. The number of carbonyl (C=O) groups is 1. The highest BCUT2D eigenvalue weighted by molar-refractivity contribution is 6.32. The number of H-pyrrole nitrogens is 1. The fourth-order valence-corrected chi connectivity index (χ4v) is 3.45. The smallest absolute Gasteiger partial charge is 0.255 e. The molecule has 146 valence electrons. The Kier molecular flexibility index (Phi) is 5.18. The van der Waals surface area contributed by atoms with Gasteiger partial charge in [0.2, 0.25) is 0 Å². The Hall–Kier alpha value is -3.02. The molecule has 1 heterocycles. The van der Waals surface area contributed by atoms with E-state index in [1.165, 1.54) is 7.11 Å². The number of ether oxygens (including phenoxy) is 1. The molecular weight excluding hydrogens is 409 g/mol. The number of imidazole rings is 1. The highest BCUT2D eigenvalue weighted by Crippen LogP contribution is 2.28. The molecule has 5 nitrogen and oxygen atoms in total. The highest BCUT2D eigenvalue weighted by Gasteiger charge is 2.12. The lowest BCUT2D eigenvalue weighted by Crippen LogP contribution is -2.11. The number of anilines is 1. The van der Waals surface area contributed by atoms with Gasteiger partial charge in [0, 0.05) is 21.8 Å². The summed E-state index contributed by atoms with van der Waals surface area (Å²) in [4.78, 5) is 20.5. The molecule has 0 aliphatic heterocycles. The fourth-order valence-electron chi connectivity index (χ4n) is 3.03. The summed E-state index contributed by atoms with van der Waals surface area (Å²) >= 11 is 12.3. The maximum absolute atomic E-state index is 12.6. The zero-order valence-corrected chi connectivity index (χ0v) is 17.2. The topological polar surface area (TPSA) is 67.0 Å². The Labute approximate surface area is 177 Å². The van der Waals surface area contributed by atoms with E-state index in [0.717, 1.165) is 22.2 Å². The first-order chi connectivity index (χ1) is 13.9. The zero-order valence-electron chi connectivity index (χ0n) is 15.7. The molecule has 0 fully saturated rings. The molecule has 1 aromatic heterocycles. The summed E-state index contributed by atoms with van der Waals surface area (Å²) < 4.78 is 5.12. The number of hydrogen-bond acceptors (Lipinski definition) is 3. The van der Waals surface area contributed by atoms with Crippen LogP contribution in [0.5, 0.6) is 5.75 Å². The Bertz CT molecular complexity index is 1200. The lowest BCUT2D eigenvalue weighted by Gasteiger charge is -2.08. The van der Waals surface area contributed by atoms with Crippen molar-refractivity contribution in [2.45, 2.75) is 6.92 Å². The number of aryl methyl sites for hydroxylation is 1. The molecule has 3 aromatic carbocycles. The van der Waals surface area contributed by atoms with E-state index >= 15 is 0 Å². The number of benzene rings is 3. The summed E-state index contributed by atoms with van der Waals surface area (Å²) in [6.45, 7) is 1.95. The van der Waals surface area contributed by atoms with Crippen molar-refractivity contribution in [1.82, 2.24) is 9.97 Å². The maximum atomic E-state index is 12.6. The van der Waals surface area contributed by atoms with Gasteiger partial charge in [-0.25, -0.2) is 4.98 Å². The summed E-state index contributed by atoms with van der Waals surface area (Å²) in [5, 5.41) is 3.94. The van der Waals surface area contributed by atoms with E-state index in [0.29, 0.717) is 32.9 Å². The molecule has 4 rings (SSSR count). The molecule has 0 bridgehead atoms. The van der Waals surface area contributed by atoms with Crippen LogP contribution in [0, 0.1) is 6.92 Å². The number of rotatable bonds is 4. The van der Waals surface area contributed by atoms with Gasteiger partial charge in [0.25, 0.3) is 5.91 Å². The van der Waals surface area contributed by atoms with Crippen LogP contribution in [0.15, 0.2) is 54.6 Å². The number of nitrogens with zero attached hydrogens (tertiary/aromatic N) is 1. The van der Waals surface area contributed by atoms with Gasteiger partial charge < -0.3 is 15.0 Å². The van der Waals surface area contributed by atoms with E-state index in [1.807, 2.05) is 43.3 Å². The Morgan fingerprint density at radius 1 is 1.07 bits per heavy atom. The summed E-state index contributed by atoms with van der Waals surface area (Å²) in [6, 6.07) is 16.2. The lowest BCUT2D eigenvalue weighted by molar-refractivity contribution is 0.102. The molecule has 7 heteroatoms. The first-order valence-corrected chi connectivity index (χ1v) is 9.61. The lowest BCUT2D eigenvalue weighted by atomic mass is 10.1. The zero-order chi connectivity index (χ0) is 20.5. The van der Waals surface area contributed by atoms with E-state index in [1.54, 1.807) is 18.2 Å². The van der Waals surface area contributed by atoms with Crippen molar-refractivity contribution < 1.29 is 9.53 Å². The van der Waals surface area contributed by atoms with Crippen molar-refractivity contribution in [2.75, 3.05) is 12.4 Å². The third kappa shape index (κ3) is 3.92. The molecule has 0 aliphatic rings. The summed E-state index contributed by atoms with van der Waals surface area (Å²) in [7, 11) is 1.53. The van der Waals surface area contributed by atoms with Gasteiger partial charge in [-0.15, -0.1) is 0 Å². The first kappa shape index (κ1) is 19.3. The van der Waals surface area contributed by atoms with E-state index in [-0.39, 0.29) is 5.91 Å². The van der Waals surface area contributed by atoms with Crippen LogP contribution < -0.4 is 10.1 Å². The van der Waals surface area contributed by atoms with Crippen molar-refractivity contribution in [2.24, 2.45) is 0 Å². The Balaban J connectivity index is 1.60. The van der Waals surface area contributed by atoms with Gasteiger partial charge in [0.1, 0.15) is 11.6 Å². The van der Waals surface area contributed by atoms with Crippen LogP contribution in [-0.4, -0.2) is 23.0 Å². The normalized spacial score (nSPS) is 10.9. The number of aromatic amines is 1. The van der Waals surface area contributed by atoms with E-state index in [4.69, 9.17) is 27.9 Å². The average Bonchev–Trinajstić information content (AvgIpc) is 3.11. The van der Waals surface area contributed by atoms with Crippen LogP contribution >= 0.6 is 23.2 Å². The Morgan fingerprint density at radius 2 is 1.90 bits per heavy atom. The number of hydrogen-bond donors (Lipinski definition) is 2. The van der Waals surface area contributed by atoms with E-state index in [9.17, 15) is 4.79 Å². The molecule has 0 saturated heterocycles. The van der Waals surface area contributed by atoms with Crippen LogP contribution in [-0.2, 0) is 0 Å². The second-order valence-corrected chi connectivity index (χ2v) is 7.40. The maximum Gasteiger partial charge on any atom is 0.255 e. The number of methoxy groups -OCH3 is 1. The van der Waals surface area contributed by atoms with Gasteiger partial charge in [-0.2, -0.15) is 0 Å². The minimum Gasteiger partial charge on any atom is -0.495 e. The fraction of sp³-hybridized carbons (Fsp3) is 0.0909. The van der Waals surface area contributed by atoms with Crippen molar-refractivity contribution >= 4 is 45.8 Å². The van der Waals surface area contributed by atoms with Gasteiger partial charge in [-0.05, 0) is 55.0 Å². The Morgan fingerprint density at radius 3 is 2.66 bits per heavy atom. The molecule has 1 amide bonds. The third-order valence-corrected chi connectivity index (χ3v) is 5.27.